The Morgan fingerprint density at radius 2 is 1.26 bits per heavy atom. The molecule has 0 amide bonds. The van der Waals surface area contributed by atoms with Gasteiger partial charge in [-0.15, -0.1) is 15.0 Å². The Labute approximate surface area is 105 Å². The van der Waals surface area contributed by atoms with Crippen LogP contribution in [0.15, 0.2) is 0 Å². The topological polar surface area (TPSA) is 151 Å². The minimum absolute atomic E-state index is 0.107. The van der Waals surface area contributed by atoms with Gasteiger partial charge in [-0.2, -0.15) is 0 Å². The molecule has 2 aliphatic rings. The van der Waals surface area contributed by atoms with Crippen LogP contribution in [-0.2, 0) is 0 Å². The van der Waals surface area contributed by atoms with E-state index >= 15 is 0 Å². The number of hydrogen-bond acceptors (Lipinski definition) is 7. The average molecular weight is 277 g/mol. The molecular formula is C6H11N7O6. The highest BCUT2D eigenvalue weighted by molar-refractivity contribution is 4.99. The van der Waals surface area contributed by atoms with Crippen molar-refractivity contribution in [1.82, 2.24) is 20.3 Å². The zero-order valence-corrected chi connectivity index (χ0v) is 9.67. The van der Waals surface area contributed by atoms with Crippen molar-refractivity contribution in [2.75, 3.05) is 33.0 Å². The molecule has 0 aliphatic carbocycles. The standard InChI is InChI=1S/C6H11N7O6/c14-11(15)8-1-6(7-4-8)2-9(12(16)17)5-10(3-6)13(18)19/h7H,1-5H2. The molecule has 106 valence electrons. The molecule has 1 spiro atoms. The Kier molecular flexibility index (Phi) is 2.97. The van der Waals surface area contributed by atoms with Gasteiger partial charge in [0, 0.05) is 0 Å². The lowest BCUT2D eigenvalue weighted by Gasteiger charge is -2.37. The fourth-order valence-electron chi connectivity index (χ4n) is 2.30. The zero-order chi connectivity index (χ0) is 14.2. The van der Waals surface area contributed by atoms with Crippen LogP contribution in [0.2, 0.25) is 0 Å². The fraction of sp³-hybridized carbons (Fsp3) is 1.00. The normalized spacial score (nSPS) is 21.8. The molecule has 0 saturated carbocycles. The molecule has 2 aliphatic heterocycles. The van der Waals surface area contributed by atoms with Gasteiger partial charge in [0.1, 0.15) is 26.3 Å². The Morgan fingerprint density at radius 1 is 0.842 bits per heavy atom. The molecule has 13 nitrogen and oxygen atoms in total. The molecule has 0 unspecified atom stereocenters. The molecule has 0 aromatic carbocycles. The lowest BCUT2D eigenvalue weighted by molar-refractivity contribution is -0.722. The Balaban J connectivity index is 2.18. The predicted molar refractivity (Wildman–Crippen MR) is 56.7 cm³/mol. The first kappa shape index (κ1) is 13.0. The van der Waals surface area contributed by atoms with Crippen LogP contribution >= 0.6 is 0 Å². The van der Waals surface area contributed by atoms with Crippen LogP contribution in [0.1, 0.15) is 0 Å². The molecule has 2 fully saturated rings. The van der Waals surface area contributed by atoms with Crippen molar-refractivity contribution in [3.8, 4) is 0 Å². The monoisotopic (exact) mass is 277 g/mol. The lowest BCUT2D eigenvalue weighted by Crippen LogP contribution is -2.67. The summed E-state index contributed by atoms with van der Waals surface area (Å²) in [4.78, 5) is 32.2. The van der Waals surface area contributed by atoms with E-state index in [9.17, 15) is 30.3 Å². The summed E-state index contributed by atoms with van der Waals surface area (Å²) in [6.45, 7) is -0.954. The summed E-state index contributed by atoms with van der Waals surface area (Å²) in [6.07, 6.45) is 0. The lowest BCUT2D eigenvalue weighted by atomic mass is 9.99. The van der Waals surface area contributed by atoms with E-state index in [1.54, 1.807) is 0 Å². The summed E-state index contributed by atoms with van der Waals surface area (Å²) < 4.78 is 0. The molecule has 13 heteroatoms. The first-order valence-corrected chi connectivity index (χ1v) is 5.26. The van der Waals surface area contributed by atoms with E-state index in [0.29, 0.717) is 10.0 Å². The average Bonchev–Trinajstić information content (AvgIpc) is 2.72. The van der Waals surface area contributed by atoms with Gasteiger partial charge >= 0.3 is 0 Å². The second kappa shape index (κ2) is 4.34. The zero-order valence-electron chi connectivity index (χ0n) is 9.67. The van der Waals surface area contributed by atoms with Crippen LogP contribution in [0.3, 0.4) is 0 Å². The third-order valence-electron chi connectivity index (χ3n) is 3.11. The van der Waals surface area contributed by atoms with E-state index in [0.717, 1.165) is 5.01 Å². The molecule has 0 radical (unpaired) electrons. The second-order valence-corrected chi connectivity index (χ2v) is 4.46. The molecule has 0 bridgehead atoms. The number of nitro groups is 3. The van der Waals surface area contributed by atoms with E-state index in [1.807, 2.05) is 0 Å². The SMILES string of the molecule is O=[N+]([O-])N1CNC2(C1)CN([N+](=O)[O-])CN([N+](=O)[O-])C2. The molecule has 2 heterocycles. The Hall–Kier alpha value is -2.44. The minimum atomic E-state index is -1.06. The number of rotatable bonds is 3. The predicted octanol–water partition coefficient (Wildman–Crippen LogP) is -2.26. The van der Waals surface area contributed by atoms with Crippen LogP contribution in [-0.4, -0.2) is 68.6 Å². The number of nitrogens with one attached hydrogen (secondary N) is 1. The summed E-state index contributed by atoms with van der Waals surface area (Å²) in [5.41, 5.74) is -1.06. The van der Waals surface area contributed by atoms with Crippen LogP contribution in [0.4, 0.5) is 0 Å². The van der Waals surface area contributed by atoms with E-state index < -0.39 is 27.3 Å². The van der Waals surface area contributed by atoms with Crippen molar-refractivity contribution in [3.05, 3.63) is 30.3 Å². The maximum atomic E-state index is 10.8. The van der Waals surface area contributed by atoms with Gasteiger partial charge in [0.2, 0.25) is 6.67 Å². The Bertz CT molecular complexity index is 406. The third-order valence-corrected chi connectivity index (χ3v) is 3.11. The van der Waals surface area contributed by atoms with Gasteiger partial charge in [0.05, 0.1) is 5.54 Å². The highest BCUT2D eigenvalue weighted by Gasteiger charge is 2.52. The third kappa shape index (κ3) is 2.40. The summed E-state index contributed by atoms with van der Waals surface area (Å²) in [5, 5.41) is 35.0. The summed E-state index contributed by atoms with van der Waals surface area (Å²) in [6, 6.07) is 0. The maximum absolute atomic E-state index is 10.8. The van der Waals surface area contributed by atoms with E-state index in [1.165, 1.54) is 0 Å². The van der Waals surface area contributed by atoms with Crippen molar-refractivity contribution in [2.24, 2.45) is 0 Å². The van der Waals surface area contributed by atoms with Gasteiger partial charge in [0.25, 0.3) is 0 Å². The van der Waals surface area contributed by atoms with Crippen molar-refractivity contribution in [1.29, 1.82) is 0 Å². The number of hydrogen-bond donors (Lipinski definition) is 1. The minimum Gasteiger partial charge on any atom is -0.284 e. The molecule has 2 rings (SSSR count). The summed E-state index contributed by atoms with van der Waals surface area (Å²) >= 11 is 0. The van der Waals surface area contributed by atoms with Crippen molar-refractivity contribution < 1.29 is 15.1 Å². The van der Waals surface area contributed by atoms with Gasteiger partial charge in [-0.1, -0.05) is 0 Å². The van der Waals surface area contributed by atoms with E-state index in [4.69, 9.17) is 0 Å². The molecule has 2 saturated heterocycles. The van der Waals surface area contributed by atoms with Crippen molar-refractivity contribution >= 4 is 0 Å². The number of hydrazine groups is 3. The van der Waals surface area contributed by atoms with Gasteiger partial charge in [-0.3, -0.25) is 5.32 Å². The molecule has 0 atom stereocenters. The first-order valence-electron chi connectivity index (χ1n) is 5.26. The van der Waals surface area contributed by atoms with Crippen molar-refractivity contribution in [2.45, 2.75) is 5.54 Å². The molecule has 1 N–H and O–H groups in total. The smallest absolute Gasteiger partial charge is 0.207 e. The van der Waals surface area contributed by atoms with Crippen molar-refractivity contribution in [3.63, 3.8) is 0 Å². The fourth-order valence-corrected chi connectivity index (χ4v) is 2.30. The quantitative estimate of drug-likeness (QED) is 0.441. The van der Waals surface area contributed by atoms with Gasteiger partial charge in [-0.05, 0) is 0 Å². The Morgan fingerprint density at radius 3 is 1.63 bits per heavy atom. The van der Waals surface area contributed by atoms with Crippen LogP contribution in [0.25, 0.3) is 0 Å². The summed E-state index contributed by atoms with van der Waals surface area (Å²) in [5.74, 6) is 0. The highest BCUT2D eigenvalue weighted by atomic mass is 16.7. The van der Waals surface area contributed by atoms with Gasteiger partial charge in [-0.25, -0.2) is 30.3 Å². The second-order valence-electron chi connectivity index (χ2n) is 4.46. The molecular weight excluding hydrogens is 266 g/mol. The molecule has 0 aromatic heterocycles. The molecule has 19 heavy (non-hydrogen) atoms. The van der Waals surface area contributed by atoms with Gasteiger partial charge in [0.15, 0.2) is 15.1 Å². The largest absolute Gasteiger partial charge is 0.284 e. The summed E-state index contributed by atoms with van der Waals surface area (Å²) in [7, 11) is 0. The van der Waals surface area contributed by atoms with Crippen LogP contribution < -0.4 is 5.32 Å². The van der Waals surface area contributed by atoms with Gasteiger partial charge < -0.3 is 0 Å². The maximum Gasteiger partial charge on any atom is 0.207 e. The first-order chi connectivity index (χ1) is 8.83. The molecule has 0 aromatic rings. The van der Waals surface area contributed by atoms with Crippen LogP contribution in [0.5, 0.6) is 0 Å². The highest BCUT2D eigenvalue weighted by Crippen LogP contribution is 2.22. The van der Waals surface area contributed by atoms with Crippen LogP contribution in [0, 0.1) is 30.3 Å². The van der Waals surface area contributed by atoms with E-state index in [-0.39, 0.29) is 26.3 Å². The number of nitrogens with zero attached hydrogens (tertiary/aromatic N) is 6. The van der Waals surface area contributed by atoms with E-state index in [2.05, 4.69) is 5.32 Å².